The summed E-state index contributed by atoms with van der Waals surface area (Å²) in [6, 6.07) is 4.45. The van der Waals surface area contributed by atoms with Crippen molar-refractivity contribution in [2.45, 2.75) is 6.04 Å². The van der Waals surface area contributed by atoms with Crippen LogP contribution in [0.2, 0.25) is 5.02 Å². The number of carboxylic acid groups (broad SMARTS) is 1. The van der Waals surface area contributed by atoms with Crippen LogP contribution >= 0.6 is 11.6 Å². The number of carbonyl (C=O) groups excluding carboxylic acids is 1. The number of para-hydroxylation sites is 1. The van der Waals surface area contributed by atoms with E-state index in [4.69, 9.17) is 11.6 Å². The Kier molecular flexibility index (Phi) is 4.78. The third-order valence-corrected chi connectivity index (χ3v) is 5.50. The SMILES string of the molecule is Cn1cc(-c2nc3c4cccc(Cl)c4nc(N[C@@H]4CN(C(=O)O)CCNC4=O)n3n2)cn1. The molecule has 4 aromatic rings. The summed E-state index contributed by atoms with van der Waals surface area (Å²) in [5, 5.41) is 25.0. The molecule has 3 aromatic heterocycles. The first-order valence-electron chi connectivity index (χ1n) is 9.77. The van der Waals surface area contributed by atoms with Crippen LogP contribution in [0.4, 0.5) is 10.7 Å². The van der Waals surface area contributed by atoms with E-state index < -0.39 is 12.1 Å². The lowest BCUT2D eigenvalue weighted by atomic mass is 10.2. The molecule has 1 aromatic carbocycles. The average Bonchev–Trinajstić information content (AvgIpc) is 3.35. The number of hydrogen-bond acceptors (Lipinski definition) is 7. The van der Waals surface area contributed by atoms with Crippen LogP contribution in [0.25, 0.3) is 27.9 Å². The van der Waals surface area contributed by atoms with E-state index in [1.807, 2.05) is 6.07 Å². The summed E-state index contributed by atoms with van der Waals surface area (Å²) in [5.74, 6) is 0.305. The Hall–Kier alpha value is -3.93. The smallest absolute Gasteiger partial charge is 0.407 e. The van der Waals surface area contributed by atoms with Crippen LogP contribution in [0.5, 0.6) is 0 Å². The van der Waals surface area contributed by atoms with E-state index in [1.54, 1.807) is 36.3 Å². The number of benzene rings is 1. The number of carbonyl (C=O) groups is 2. The molecule has 0 spiro atoms. The minimum absolute atomic E-state index is 0.0466. The standard InChI is InChI=1S/C19H18ClN9O3/c1-27-8-10(7-22-27)15-25-16-11-3-2-4-12(20)14(11)24-18(29(16)26-15)23-13-9-28(19(31)32)6-5-21-17(13)30/h2-4,7-8,13H,5-6,9H2,1H3,(H,21,30)(H,23,24)(H,31,32)/t13-/m1/s1. The molecule has 1 fully saturated rings. The molecule has 0 bridgehead atoms. The van der Waals surface area contributed by atoms with E-state index in [9.17, 15) is 14.7 Å². The van der Waals surface area contributed by atoms with Crippen molar-refractivity contribution in [1.29, 1.82) is 0 Å². The summed E-state index contributed by atoms with van der Waals surface area (Å²) in [6.45, 7) is 0.374. The van der Waals surface area contributed by atoms with Gasteiger partial charge in [-0.15, -0.1) is 5.10 Å². The zero-order chi connectivity index (χ0) is 22.4. The Morgan fingerprint density at radius 2 is 2.19 bits per heavy atom. The van der Waals surface area contributed by atoms with Crippen molar-refractivity contribution < 1.29 is 14.7 Å². The average molecular weight is 456 g/mol. The Labute approximate surface area is 185 Å². The van der Waals surface area contributed by atoms with E-state index >= 15 is 0 Å². The fraction of sp³-hybridized carbons (Fsp3) is 0.263. The number of aryl methyl sites for hydroxylation is 1. The lowest BCUT2D eigenvalue weighted by molar-refractivity contribution is -0.121. The highest BCUT2D eigenvalue weighted by Gasteiger charge is 2.29. The number of nitrogens with zero attached hydrogens (tertiary/aromatic N) is 7. The summed E-state index contributed by atoms with van der Waals surface area (Å²) in [5.41, 5.74) is 1.68. The minimum Gasteiger partial charge on any atom is -0.465 e. The van der Waals surface area contributed by atoms with Gasteiger partial charge in [0.15, 0.2) is 11.5 Å². The number of amides is 2. The molecule has 1 saturated heterocycles. The molecule has 0 radical (unpaired) electrons. The van der Waals surface area contributed by atoms with Crippen molar-refractivity contribution in [3.05, 3.63) is 35.6 Å². The molecule has 0 aliphatic carbocycles. The van der Waals surface area contributed by atoms with Gasteiger partial charge in [-0.25, -0.2) is 14.8 Å². The van der Waals surface area contributed by atoms with Crippen LogP contribution in [-0.4, -0.2) is 77.0 Å². The molecule has 3 N–H and O–H groups in total. The first kappa shape index (κ1) is 20.0. The van der Waals surface area contributed by atoms with Crippen LogP contribution in [0, 0.1) is 0 Å². The van der Waals surface area contributed by atoms with Gasteiger partial charge in [-0.3, -0.25) is 9.48 Å². The summed E-state index contributed by atoms with van der Waals surface area (Å²) >= 11 is 6.39. The van der Waals surface area contributed by atoms with E-state index in [0.29, 0.717) is 33.0 Å². The van der Waals surface area contributed by atoms with Crippen LogP contribution in [0.1, 0.15) is 0 Å². The zero-order valence-electron chi connectivity index (χ0n) is 16.9. The third-order valence-electron chi connectivity index (χ3n) is 5.19. The minimum atomic E-state index is -1.10. The monoisotopic (exact) mass is 455 g/mol. The maximum absolute atomic E-state index is 12.6. The molecule has 32 heavy (non-hydrogen) atoms. The summed E-state index contributed by atoms with van der Waals surface area (Å²) < 4.78 is 3.13. The highest BCUT2D eigenvalue weighted by atomic mass is 35.5. The second-order valence-corrected chi connectivity index (χ2v) is 7.77. The molecule has 0 saturated carbocycles. The molecule has 164 valence electrons. The van der Waals surface area contributed by atoms with E-state index in [1.165, 1.54) is 9.42 Å². The van der Waals surface area contributed by atoms with Gasteiger partial charge in [0.25, 0.3) is 0 Å². The zero-order valence-corrected chi connectivity index (χ0v) is 17.6. The molecule has 1 aliphatic rings. The third kappa shape index (κ3) is 3.43. The van der Waals surface area contributed by atoms with Gasteiger partial charge < -0.3 is 20.6 Å². The molecular formula is C19H18ClN9O3. The number of nitrogens with one attached hydrogen (secondary N) is 2. The predicted molar refractivity (Wildman–Crippen MR) is 116 cm³/mol. The molecular weight excluding hydrogens is 438 g/mol. The first-order chi connectivity index (χ1) is 15.4. The van der Waals surface area contributed by atoms with Gasteiger partial charge in [-0.05, 0) is 12.1 Å². The van der Waals surface area contributed by atoms with Gasteiger partial charge in [0.2, 0.25) is 11.9 Å². The van der Waals surface area contributed by atoms with Crippen LogP contribution in [-0.2, 0) is 11.8 Å². The predicted octanol–water partition coefficient (Wildman–Crippen LogP) is 1.22. The first-order valence-corrected chi connectivity index (χ1v) is 10.1. The van der Waals surface area contributed by atoms with Gasteiger partial charge in [0.1, 0.15) is 6.04 Å². The fourth-order valence-electron chi connectivity index (χ4n) is 3.62. The second kappa shape index (κ2) is 7.64. The van der Waals surface area contributed by atoms with E-state index in [-0.39, 0.29) is 31.5 Å². The molecule has 1 atom stereocenters. The normalized spacial score (nSPS) is 16.9. The van der Waals surface area contributed by atoms with Gasteiger partial charge >= 0.3 is 6.09 Å². The maximum Gasteiger partial charge on any atom is 0.407 e. The molecule has 1 aliphatic heterocycles. The van der Waals surface area contributed by atoms with Crippen molar-refractivity contribution in [3.8, 4) is 11.4 Å². The number of anilines is 1. The Bertz CT molecular complexity index is 1370. The summed E-state index contributed by atoms with van der Waals surface area (Å²) in [6.07, 6.45) is 2.33. The number of halogens is 1. The second-order valence-electron chi connectivity index (χ2n) is 7.36. The highest BCUT2D eigenvalue weighted by molar-refractivity contribution is 6.35. The molecule has 13 heteroatoms. The Balaban J connectivity index is 1.65. The quantitative estimate of drug-likeness (QED) is 0.418. The fourth-order valence-corrected chi connectivity index (χ4v) is 3.84. The Morgan fingerprint density at radius 3 is 2.94 bits per heavy atom. The molecule has 2 amide bonds. The van der Waals surface area contributed by atoms with Gasteiger partial charge in [0, 0.05) is 31.7 Å². The lowest BCUT2D eigenvalue weighted by Gasteiger charge is -2.21. The topological polar surface area (TPSA) is 143 Å². The van der Waals surface area contributed by atoms with Crippen LogP contribution in [0.15, 0.2) is 30.6 Å². The number of hydrogen-bond donors (Lipinski definition) is 3. The van der Waals surface area contributed by atoms with Crippen molar-refractivity contribution in [2.75, 3.05) is 25.0 Å². The summed E-state index contributed by atoms with van der Waals surface area (Å²) in [4.78, 5) is 34.5. The number of aromatic nitrogens is 6. The maximum atomic E-state index is 12.6. The molecule has 4 heterocycles. The highest BCUT2D eigenvalue weighted by Crippen LogP contribution is 2.28. The lowest BCUT2D eigenvalue weighted by Crippen LogP contribution is -2.44. The van der Waals surface area contributed by atoms with E-state index in [0.717, 1.165) is 0 Å². The van der Waals surface area contributed by atoms with Crippen LogP contribution in [0.3, 0.4) is 0 Å². The van der Waals surface area contributed by atoms with Gasteiger partial charge in [0.05, 0.1) is 28.8 Å². The van der Waals surface area contributed by atoms with Crippen molar-refractivity contribution in [2.24, 2.45) is 7.05 Å². The summed E-state index contributed by atoms with van der Waals surface area (Å²) in [7, 11) is 1.79. The van der Waals surface area contributed by atoms with E-state index in [2.05, 4.69) is 30.8 Å². The molecule has 0 unspecified atom stereocenters. The van der Waals surface area contributed by atoms with Crippen LogP contribution < -0.4 is 10.6 Å². The van der Waals surface area contributed by atoms with Gasteiger partial charge in [-0.1, -0.05) is 17.7 Å². The number of fused-ring (bicyclic) bond motifs is 3. The van der Waals surface area contributed by atoms with Crippen molar-refractivity contribution in [1.82, 2.24) is 39.6 Å². The van der Waals surface area contributed by atoms with Crippen molar-refractivity contribution in [3.63, 3.8) is 0 Å². The molecule has 12 nitrogen and oxygen atoms in total. The van der Waals surface area contributed by atoms with Gasteiger partial charge in [-0.2, -0.15) is 9.61 Å². The molecule has 5 rings (SSSR count). The largest absolute Gasteiger partial charge is 0.465 e. The van der Waals surface area contributed by atoms with Crippen molar-refractivity contribution >= 4 is 46.1 Å². The number of rotatable bonds is 3. The Morgan fingerprint density at radius 1 is 1.34 bits per heavy atom.